The van der Waals surface area contributed by atoms with Gasteiger partial charge < -0.3 is 14.6 Å². The normalized spacial score (nSPS) is 16.8. The van der Waals surface area contributed by atoms with Crippen LogP contribution in [0.15, 0.2) is 57.8 Å². The molecular formula is C29H26N4O7. The third-order valence-electron chi connectivity index (χ3n) is 7.12. The second-order valence-corrected chi connectivity index (χ2v) is 9.60. The molecule has 1 aliphatic carbocycles. The highest BCUT2D eigenvalue weighted by Crippen LogP contribution is 2.30. The van der Waals surface area contributed by atoms with Crippen LogP contribution in [0.4, 0.5) is 0 Å². The van der Waals surface area contributed by atoms with Crippen molar-refractivity contribution in [1.29, 1.82) is 0 Å². The number of aromatic nitrogens is 4. The first-order valence-electron chi connectivity index (χ1n) is 13.0. The molecule has 204 valence electrons. The number of carbonyl (C=O) groups excluding carboxylic acids is 1. The van der Waals surface area contributed by atoms with Crippen molar-refractivity contribution in [3.8, 4) is 28.5 Å². The van der Waals surface area contributed by atoms with E-state index in [0.29, 0.717) is 47.3 Å². The predicted molar refractivity (Wildman–Crippen MR) is 143 cm³/mol. The standard InChI is InChI=1S/C29H26N4O7/c1-2-38-28-30-24-23(22-8-5-13-39-22)21(34)14-20(27(35)36)25(24)33(28)15-16-9-11-17(12-10-16)18-6-3-4-7-19(18)26-31-29(37)40-32-26/h3-4,6-7,9-12,22H,2,5,8,13-15H2,1H3,(H,35,36)(H,31,32,37). The molecule has 6 rings (SSSR count). The van der Waals surface area contributed by atoms with Gasteiger partial charge in [-0.15, -0.1) is 0 Å². The van der Waals surface area contributed by atoms with Gasteiger partial charge in [0.2, 0.25) is 0 Å². The third kappa shape index (κ3) is 4.54. The van der Waals surface area contributed by atoms with Gasteiger partial charge in [-0.05, 0) is 36.5 Å². The molecule has 1 unspecified atom stereocenters. The average molecular weight is 543 g/mol. The van der Waals surface area contributed by atoms with Gasteiger partial charge in [0.25, 0.3) is 6.01 Å². The molecular weight excluding hydrogens is 516 g/mol. The number of ether oxygens (including phenoxy) is 2. The van der Waals surface area contributed by atoms with Crippen molar-refractivity contribution in [3.05, 3.63) is 75.3 Å². The zero-order valence-corrected chi connectivity index (χ0v) is 21.7. The number of nitrogens with zero attached hydrogens (tertiary/aromatic N) is 3. The van der Waals surface area contributed by atoms with E-state index in [0.717, 1.165) is 23.1 Å². The van der Waals surface area contributed by atoms with Gasteiger partial charge >= 0.3 is 11.7 Å². The second-order valence-electron chi connectivity index (χ2n) is 9.60. The van der Waals surface area contributed by atoms with Crippen molar-refractivity contribution in [2.75, 3.05) is 13.2 Å². The number of rotatable bonds is 8. The van der Waals surface area contributed by atoms with Gasteiger partial charge in [-0.25, -0.2) is 9.59 Å². The van der Waals surface area contributed by atoms with Gasteiger partial charge in [0.1, 0.15) is 5.35 Å². The first-order chi connectivity index (χ1) is 19.4. The Morgan fingerprint density at radius 2 is 1.93 bits per heavy atom. The van der Waals surface area contributed by atoms with E-state index in [1.165, 1.54) is 0 Å². The van der Waals surface area contributed by atoms with Crippen LogP contribution in [0.1, 0.15) is 31.7 Å². The van der Waals surface area contributed by atoms with Gasteiger partial charge in [-0.3, -0.25) is 18.9 Å². The lowest BCUT2D eigenvalue weighted by Crippen LogP contribution is -2.44. The molecule has 2 aliphatic rings. The molecule has 0 bridgehead atoms. The van der Waals surface area contributed by atoms with Crippen LogP contribution in [0.5, 0.6) is 6.01 Å². The molecule has 2 aromatic carbocycles. The predicted octanol–water partition coefficient (Wildman–Crippen LogP) is 1.88. The average Bonchev–Trinajstić information content (AvgIpc) is 3.70. The van der Waals surface area contributed by atoms with E-state index in [9.17, 15) is 19.5 Å². The fourth-order valence-electron chi connectivity index (χ4n) is 5.36. The van der Waals surface area contributed by atoms with Gasteiger partial charge in [0, 0.05) is 18.6 Å². The summed E-state index contributed by atoms with van der Waals surface area (Å²) in [6, 6.07) is 15.5. The molecule has 2 aromatic heterocycles. The number of ketones is 1. The smallest absolute Gasteiger partial charge is 0.439 e. The van der Waals surface area contributed by atoms with Crippen molar-refractivity contribution < 1.29 is 28.7 Å². The van der Waals surface area contributed by atoms with E-state index in [1.54, 1.807) is 4.57 Å². The molecule has 2 N–H and O–H groups in total. The van der Waals surface area contributed by atoms with Crippen molar-refractivity contribution >= 4 is 22.9 Å². The number of Topliss-reactive ketones (excluding diaryl/α,β-unsaturated/α-hetero) is 1. The highest BCUT2D eigenvalue weighted by molar-refractivity contribution is 6.26. The van der Waals surface area contributed by atoms with E-state index < -0.39 is 17.8 Å². The summed E-state index contributed by atoms with van der Waals surface area (Å²) in [5, 5.41) is 14.5. The minimum absolute atomic E-state index is 0.00708. The summed E-state index contributed by atoms with van der Waals surface area (Å²) in [4.78, 5) is 44.1. The van der Waals surface area contributed by atoms with E-state index in [4.69, 9.17) is 9.47 Å². The van der Waals surface area contributed by atoms with Crippen LogP contribution in [0.3, 0.4) is 0 Å². The van der Waals surface area contributed by atoms with Crippen LogP contribution >= 0.6 is 0 Å². The molecule has 0 spiro atoms. The third-order valence-corrected chi connectivity index (χ3v) is 7.12. The van der Waals surface area contributed by atoms with Crippen molar-refractivity contribution in [2.45, 2.75) is 38.8 Å². The number of nitrogens with one attached hydrogen (secondary N) is 1. The quantitative estimate of drug-likeness (QED) is 0.340. The maximum atomic E-state index is 13.1. The lowest BCUT2D eigenvalue weighted by molar-refractivity contribution is -0.131. The molecule has 0 radical (unpaired) electrons. The van der Waals surface area contributed by atoms with Crippen LogP contribution in [-0.2, 0) is 20.9 Å². The topological polar surface area (TPSA) is 150 Å². The zero-order chi connectivity index (χ0) is 27.8. The Morgan fingerprint density at radius 1 is 1.15 bits per heavy atom. The van der Waals surface area contributed by atoms with Crippen LogP contribution in [-0.4, -0.2) is 55.9 Å². The van der Waals surface area contributed by atoms with E-state index >= 15 is 0 Å². The molecule has 1 aliphatic heterocycles. The Labute approximate surface area is 227 Å². The molecule has 11 heteroatoms. The van der Waals surface area contributed by atoms with E-state index in [2.05, 4.69) is 19.6 Å². The largest absolute Gasteiger partial charge is 0.478 e. The van der Waals surface area contributed by atoms with Crippen LogP contribution in [0.25, 0.3) is 33.7 Å². The number of benzene rings is 2. The number of carbonyl (C=O) groups is 2. The number of imidazole rings is 1. The molecule has 0 saturated carbocycles. The van der Waals surface area contributed by atoms with Crippen molar-refractivity contribution in [2.24, 2.45) is 0 Å². The number of carboxylic acids is 1. The fourth-order valence-corrected chi connectivity index (χ4v) is 5.36. The lowest BCUT2D eigenvalue weighted by Gasteiger charge is -2.17. The Hall–Kier alpha value is -4.77. The number of H-pyrrole nitrogens is 1. The SMILES string of the molecule is CCOc1nc2c(n1Cc1ccc(-c3ccccc3-c3noc(=O)[nH]3)cc1)=C(C(=O)O)CC(=O)C=2C1CCCO1. The number of hydrogen-bond donors (Lipinski definition) is 2. The first-order valence-corrected chi connectivity index (χ1v) is 13.0. The number of aromatic amines is 1. The maximum Gasteiger partial charge on any atom is 0.439 e. The molecule has 0 amide bonds. The second kappa shape index (κ2) is 10.4. The minimum Gasteiger partial charge on any atom is -0.478 e. The van der Waals surface area contributed by atoms with E-state index in [-0.39, 0.29) is 30.3 Å². The van der Waals surface area contributed by atoms with Crippen molar-refractivity contribution in [1.82, 2.24) is 19.7 Å². The zero-order valence-electron chi connectivity index (χ0n) is 21.7. The van der Waals surface area contributed by atoms with Crippen LogP contribution in [0.2, 0.25) is 0 Å². The monoisotopic (exact) mass is 542 g/mol. The van der Waals surface area contributed by atoms with Gasteiger partial charge in [-0.1, -0.05) is 53.7 Å². The Kier molecular flexibility index (Phi) is 6.64. The van der Waals surface area contributed by atoms with Crippen LogP contribution < -0.4 is 21.2 Å². The Bertz CT molecular complexity index is 1790. The number of fused-ring (bicyclic) bond motifs is 1. The molecule has 40 heavy (non-hydrogen) atoms. The van der Waals surface area contributed by atoms with Crippen molar-refractivity contribution in [3.63, 3.8) is 0 Å². The van der Waals surface area contributed by atoms with Gasteiger partial charge in [0.15, 0.2) is 11.6 Å². The number of hydrogen-bond acceptors (Lipinski definition) is 8. The Balaban J connectivity index is 1.44. The molecule has 11 nitrogen and oxygen atoms in total. The summed E-state index contributed by atoms with van der Waals surface area (Å²) in [5.41, 5.74) is 3.74. The number of aliphatic carboxylic acids is 1. The lowest BCUT2D eigenvalue weighted by atomic mass is 9.92. The molecule has 1 fully saturated rings. The molecule has 4 aromatic rings. The molecule has 1 saturated heterocycles. The summed E-state index contributed by atoms with van der Waals surface area (Å²) in [5.74, 6) is -1.74. The highest BCUT2D eigenvalue weighted by Gasteiger charge is 2.34. The minimum atomic E-state index is -1.16. The van der Waals surface area contributed by atoms with Gasteiger partial charge in [-0.2, -0.15) is 4.98 Å². The van der Waals surface area contributed by atoms with Gasteiger partial charge in [0.05, 0.1) is 35.8 Å². The number of carboxylic acid groups (broad SMARTS) is 1. The molecule has 3 heterocycles. The first kappa shape index (κ1) is 25.5. The highest BCUT2D eigenvalue weighted by atomic mass is 16.5. The summed E-state index contributed by atoms with van der Waals surface area (Å²) in [6.07, 6.45) is 0.881. The summed E-state index contributed by atoms with van der Waals surface area (Å²) >= 11 is 0. The summed E-state index contributed by atoms with van der Waals surface area (Å²) in [6.45, 7) is 2.97. The van der Waals surface area contributed by atoms with E-state index in [1.807, 2.05) is 55.5 Å². The molecule has 1 atom stereocenters. The summed E-state index contributed by atoms with van der Waals surface area (Å²) < 4.78 is 18.0. The maximum absolute atomic E-state index is 13.1. The summed E-state index contributed by atoms with van der Waals surface area (Å²) in [7, 11) is 0. The van der Waals surface area contributed by atoms with Crippen LogP contribution in [0, 0.1) is 0 Å². The Morgan fingerprint density at radius 3 is 2.58 bits per heavy atom. The fraction of sp³-hybridized carbons (Fsp3) is 0.276.